The lowest BCUT2D eigenvalue weighted by atomic mass is 10.0. The van der Waals surface area contributed by atoms with Crippen LogP contribution in [0.3, 0.4) is 0 Å². The molecular weight excluding hydrogens is 268 g/mol. The van der Waals surface area contributed by atoms with Crippen LogP contribution < -0.4 is 5.73 Å². The monoisotopic (exact) mass is 280 g/mol. The number of carbonyl (C=O) groups excluding carboxylic acids is 1. The van der Waals surface area contributed by atoms with Gasteiger partial charge in [0.2, 0.25) is 5.91 Å². The van der Waals surface area contributed by atoms with Crippen molar-refractivity contribution in [1.29, 1.82) is 0 Å². The van der Waals surface area contributed by atoms with E-state index in [0.717, 1.165) is 26.7 Å². The number of hydrogen-bond acceptors (Lipinski definition) is 3. The zero-order valence-electron chi connectivity index (χ0n) is 10.2. The molecule has 0 bridgehead atoms. The molecule has 0 unspecified atom stereocenters. The maximum Gasteiger partial charge on any atom is 0.248 e. The number of carbonyl (C=O) groups is 1. The molecule has 0 atom stereocenters. The summed E-state index contributed by atoms with van der Waals surface area (Å²) < 4.78 is 0. The number of alkyl halides is 1. The second kappa shape index (κ2) is 5.08. The van der Waals surface area contributed by atoms with E-state index in [4.69, 9.17) is 17.3 Å². The Morgan fingerprint density at radius 2 is 2.17 bits per heavy atom. The Hall–Kier alpha value is -1.39. The van der Waals surface area contributed by atoms with E-state index in [-0.39, 0.29) is 0 Å². The number of hydrogen-bond donors (Lipinski definition) is 1. The summed E-state index contributed by atoms with van der Waals surface area (Å²) in [7, 11) is 0. The summed E-state index contributed by atoms with van der Waals surface area (Å²) in [5, 5.41) is 0.904. The molecule has 1 heterocycles. The van der Waals surface area contributed by atoms with Gasteiger partial charge in [0.05, 0.1) is 16.5 Å². The zero-order valence-corrected chi connectivity index (χ0v) is 11.7. The minimum absolute atomic E-state index is 0.401. The number of halogens is 1. The summed E-state index contributed by atoms with van der Waals surface area (Å²) in [6, 6.07) is 5.61. The van der Waals surface area contributed by atoms with Gasteiger partial charge in [-0.15, -0.1) is 22.9 Å². The number of rotatable bonds is 3. The Morgan fingerprint density at radius 3 is 2.67 bits per heavy atom. The highest BCUT2D eigenvalue weighted by Crippen LogP contribution is 2.31. The largest absolute Gasteiger partial charge is 0.366 e. The van der Waals surface area contributed by atoms with Crippen LogP contribution in [0.2, 0.25) is 0 Å². The fourth-order valence-corrected chi connectivity index (χ4v) is 2.99. The Kier molecular flexibility index (Phi) is 3.68. The number of nitrogens with two attached hydrogens (primary N) is 1. The van der Waals surface area contributed by atoms with E-state index in [1.54, 1.807) is 17.4 Å². The first-order chi connectivity index (χ1) is 8.52. The molecular formula is C13H13ClN2OS. The molecule has 3 nitrogen and oxygen atoms in total. The van der Waals surface area contributed by atoms with Gasteiger partial charge in [0.1, 0.15) is 5.01 Å². The molecule has 1 aromatic carbocycles. The molecule has 18 heavy (non-hydrogen) atoms. The minimum Gasteiger partial charge on any atom is -0.366 e. The van der Waals surface area contributed by atoms with Gasteiger partial charge in [0.25, 0.3) is 0 Å². The van der Waals surface area contributed by atoms with E-state index in [2.05, 4.69) is 4.98 Å². The molecule has 2 N–H and O–H groups in total. The van der Waals surface area contributed by atoms with Gasteiger partial charge in [-0.25, -0.2) is 4.98 Å². The van der Waals surface area contributed by atoms with E-state index in [9.17, 15) is 4.79 Å². The summed E-state index contributed by atoms with van der Waals surface area (Å²) in [5.74, 6) is 0.0191. The SMILES string of the molecule is Cc1cc(-c2sc(CCl)nc2C)ccc1C(N)=O. The van der Waals surface area contributed by atoms with Crippen LogP contribution in [-0.2, 0) is 5.88 Å². The van der Waals surface area contributed by atoms with Crippen LogP contribution in [0, 0.1) is 13.8 Å². The van der Waals surface area contributed by atoms with Crippen molar-refractivity contribution in [3.8, 4) is 10.4 Å². The zero-order chi connectivity index (χ0) is 13.3. The van der Waals surface area contributed by atoms with Gasteiger partial charge in [0.15, 0.2) is 0 Å². The fraction of sp³-hybridized carbons (Fsp3) is 0.231. The number of aromatic nitrogens is 1. The van der Waals surface area contributed by atoms with Crippen molar-refractivity contribution in [2.75, 3.05) is 0 Å². The summed E-state index contributed by atoms with van der Waals surface area (Å²) in [6.07, 6.45) is 0. The van der Waals surface area contributed by atoms with Crippen LogP contribution in [0.4, 0.5) is 0 Å². The first-order valence-electron chi connectivity index (χ1n) is 5.46. The number of nitrogens with zero attached hydrogens (tertiary/aromatic N) is 1. The molecule has 5 heteroatoms. The van der Waals surface area contributed by atoms with E-state index in [1.807, 2.05) is 26.0 Å². The van der Waals surface area contributed by atoms with Crippen LogP contribution in [0.1, 0.15) is 26.6 Å². The molecule has 0 aliphatic carbocycles. The molecule has 0 aliphatic rings. The first-order valence-corrected chi connectivity index (χ1v) is 6.81. The standard InChI is InChI=1S/C13H13ClN2OS/c1-7-5-9(3-4-10(7)13(15)17)12-8(2)16-11(6-14)18-12/h3-5H,6H2,1-2H3,(H2,15,17). The quantitative estimate of drug-likeness (QED) is 0.878. The maximum atomic E-state index is 11.2. The van der Waals surface area contributed by atoms with E-state index in [0.29, 0.717) is 11.4 Å². The van der Waals surface area contributed by atoms with Gasteiger partial charge in [-0.1, -0.05) is 6.07 Å². The molecule has 0 saturated heterocycles. The lowest BCUT2D eigenvalue weighted by Crippen LogP contribution is -2.12. The second-order valence-corrected chi connectivity index (χ2v) is 5.40. The number of thiazole rings is 1. The number of primary amides is 1. The molecule has 0 radical (unpaired) electrons. The smallest absolute Gasteiger partial charge is 0.248 e. The molecule has 0 aliphatic heterocycles. The molecule has 2 rings (SSSR count). The molecule has 2 aromatic rings. The fourth-order valence-electron chi connectivity index (χ4n) is 1.86. The van der Waals surface area contributed by atoms with Crippen molar-refractivity contribution in [3.63, 3.8) is 0 Å². The first kappa shape index (κ1) is 13.1. The summed E-state index contributed by atoms with van der Waals surface area (Å²) in [5.41, 5.74) is 8.73. The highest BCUT2D eigenvalue weighted by atomic mass is 35.5. The normalized spacial score (nSPS) is 10.6. The van der Waals surface area contributed by atoms with Gasteiger partial charge in [0, 0.05) is 5.56 Å². The predicted molar refractivity (Wildman–Crippen MR) is 75.1 cm³/mol. The topological polar surface area (TPSA) is 56.0 Å². The molecule has 94 valence electrons. The van der Waals surface area contributed by atoms with Crippen LogP contribution >= 0.6 is 22.9 Å². The molecule has 1 aromatic heterocycles. The van der Waals surface area contributed by atoms with Gasteiger partial charge in [-0.05, 0) is 37.1 Å². The summed E-state index contributed by atoms with van der Waals surface area (Å²) in [6.45, 7) is 3.83. The Balaban J connectivity index is 2.48. The van der Waals surface area contributed by atoms with Crippen molar-refractivity contribution < 1.29 is 4.79 Å². The van der Waals surface area contributed by atoms with Crippen molar-refractivity contribution in [1.82, 2.24) is 4.98 Å². The van der Waals surface area contributed by atoms with E-state index < -0.39 is 5.91 Å². The number of benzene rings is 1. The van der Waals surface area contributed by atoms with Gasteiger partial charge in [-0.2, -0.15) is 0 Å². The third-order valence-electron chi connectivity index (χ3n) is 2.71. The Morgan fingerprint density at radius 1 is 1.44 bits per heavy atom. The Labute approximate surface area is 115 Å². The van der Waals surface area contributed by atoms with Crippen LogP contribution in [0.15, 0.2) is 18.2 Å². The third-order valence-corrected chi connectivity index (χ3v) is 4.33. The predicted octanol–water partition coefficient (Wildman–Crippen LogP) is 3.26. The van der Waals surface area contributed by atoms with Gasteiger partial charge in [-0.3, -0.25) is 4.79 Å². The lowest BCUT2D eigenvalue weighted by molar-refractivity contribution is 0.1000. The number of aryl methyl sites for hydroxylation is 2. The Bertz CT molecular complexity index is 607. The maximum absolute atomic E-state index is 11.2. The van der Waals surface area contributed by atoms with Crippen LogP contribution in [0.5, 0.6) is 0 Å². The molecule has 0 fully saturated rings. The van der Waals surface area contributed by atoms with E-state index >= 15 is 0 Å². The summed E-state index contributed by atoms with van der Waals surface area (Å²) >= 11 is 7.36. The summed E-state index contributed by atoms with van der Waals surface area (Å²) in [4.78, 5) is 16.7. The third kappa shape index (κ3) is 2.40. The molecule has 0 spiro atoms. The van der Waals surface area contributed by atoms with Gasteiger partial charge >= 0.3 is 0 Å². The van der Waals surface area contributed by atoms with Crippen molar-refractivity contribution in [3.05, 3.63) is 40.0 Å². The van der Waals surface area contributed by atoms with Crippen molar-refractivity contribution >= 4 is 28.8 Å². The van der Waals surface area contributed by atoms with Gasteiger partial charge < -0.3 is 5.73 Å². The highest BCUT2D eigenvalue weighted by Gasteiger charge is 2.11. The average Bonchev–Trinajstić information content (AvgIpc) is 2.70. The molecule has 1 amide bonds. The van der Waals surface area contributed by atoms with E-state index in [1.165, 1.54) is 0 Å². The van der Waals surface area contributed by atoms with Crippen LogP contribution in [-0.4, -0.2) is 10.9 Å². The number of amides is 1. The minimum atomic E-state index is -0.401. The second-order valence-electron chi connectivity index (χ2n) is 4.05. The van der Waals surface area contributed by atoms with Crippen LogP contribution in [0.25, 0.3) is 10.4 Å². The average molecular weight is 281 g/mol. The highest BCUT2D eigenvalue weighted by molar-refractivity contribution is 7.15. The lowest BCUT2D eigenvalue weighted by Gasteiger charge is -2.04. The molecule has 0 saturated carbocycles. The van der Waals surface area contributed by atoms with Crippen molar-refractivity contribution in [2.24, 2.45) is 5.73 Å². The van der Waals surface area contributed by atoms with Crippen molar-refractivity contribution in [2.45, 2.75) is 19.7 Å².